The molecule has 4 rings (SSSR count). The van der Waals surface area contributed by atoms with E-state index in [0.29, 0.717) is 17.5 Å². The third-order valence-corrected chi connectivity index (χ3v) is 5.91. The first-order valence-corrected chi connectivity index (χ1v) is 10.1. The van der Waals surface area contributed by atoms with E-state index >= 15 is 0 Å². The lowest BCUT2D eigenvalue weighted by Gasteiger charge is -2.34. The molecule has 0 bridgehead atoms. The summed E-state index contributed by atoms with van der Waals surface area (Å²) in [6, 6.07) is 12.8. The van der Waals surface area contributed by atoms with Gasteiger partial charge in [-0.3, -0.25) is 9.69 Å². The van der Waals surface area contributed by atoms with E-state index in [4.69, 9.17) is 4.98 Å². The van der Waals surface area contributed by atoms with Gasteiger partial charge in [-0.15, -0.1) is 0 Å². The summed E-state index contributed by atoms with van der Waals surface area (Å²) in [5.74, 6) is 0. The molecule has 26 heavy (non-hydrogen) atoms. The minimum absolute atomic E-state index is 0.0855. The van der Waals surface area contributed by atoms with E-state index in [0.717, 1.165) is 17.2 Å². The highest BCUT2D eigenvalue weighted by molar-refractivity contribution is 7.16. The van der Waals surface area contributed by atoms with Gasteiger partial charge in [0.25, 0.3) is 5.56 Å². The topological polar surface area (TPSA) is 50.5 Å². The average Bonchev–Trinajstić information content (AvgIpc) is 3.04. The Morgan fingerprint density at radius 3 is 2.69 bits per heavy atom. The Kier molecular flexibility index (Phi) is 5.13. The summed E-state index contributed by atoms with van der Waals surface area (Å²) < 4.78 is 1.41. The first kappa shape index (κ1) is 17.4. The highest BCUT2D eigenvalue weighted by Gasteiger charge is 2.22. The molecule has 1 aromatic carbocycles. The van der Waals surface area contributed by atoms with E-state index in [1.807, 2.05) is 6.92 Å². The molecule has 5 nitrogen and oxygen atoms in total. The van der Waals surface area contributed by atoms with Crippen molar-refractivity contribution in [2.45, 2.75) is 58.2 Å². The summed E-state index contributed by atoms with van der Waals surface area (Å²) in [4.78, 5) is 20.3. The molecule has 0 saturated heterocycles. The Morgan fingerprint density at radius 1 is 1.15 bits per heavy atom. The molecule has 1 saturated carbocycles. The van der Waals surface area contributed by atoms with Gasteiger partial charge in [-0.05, 0) is 25.3 Å². The van der Waals surface area contributed by atoms with E-state index < -0.39 is 0 Å². The van der Waals surface area contributed by atoms with Gasteiger partial charge in [0.1, 0.15) is 5.01 Å². The molecule has 3 aromatic rings. The Bertz CT molecular complexity index is 928. The number of fused-ring (bicyclic) bond motifs is 1. The lowest BCUT2D eigenvalue weighted by Crippen LogP contribution is -2.36. The van der Waals surface area contributed by atoms with Crippen LogP contribution in [0.4, 0.5) is 0 Å². The summed E-state index contributed by atoms with van der Waals surface area (Å²) in [5.41, 5.74) is 2.07. The molecule has 1 aliphatic carbocycles. The maximum atomic E-state index is 12.4. The predicted molar refractivity (Wildman–Crippen MR) is 104 cm³/mol. The number of rotatable bonds is 5. The van der Waals surface area contributed by atoms with Crippen LogP contribution < -0.4 is 5.56 Å². The fourth-order valence-electron chi connectivity index (χ4n) is 3.82. The molecule has 1 aliphatic rings. The van der Waals surface area contributed by atoms with Gasteiger partial charge >= 0.3 is 0 Å². The smallest absolute Gasteiger partial charge is 0.275 e. The van der Waals surface area contributed by atoms with Crippen LogP contribution in [0.25, 0.3) is 4.96 Å². The minimum atomic E-state index is -0.0855. The van der Waals surface area contributed by atoms with Crippen molar-refractivity contribution in [3.63, 3.8) is 0 Å². The molecule has 0 unspecified atom stereocenters. The second-order valence-corrected chi connectivity index (χ2v) is 8.24. The molecule has 2 heterocycles. The van der Waals surface area contributed by atoms with Gasteiger partial charge in [0.05, 0.1) is 5.69 Å². The fraction of sp³-hybridized carbons (Fsp3) is 0.450. The lowest BCUT2D eigenvalue weighted by molar-refractivity contribution is 0.138. The van der Waals surface area contributed by atoms with Crippen molar-refractivity contribution in [3.8, 4) is 0 Å². The quantitative estimate of drug-likeness (QED) is 0.687. The second-order valence-electron chi connectivity index (χ2n) is 7.08. The highest BCUT2D eigenvalue weighted by atomic mass is 32.1. The summed E-state index contributed by atoms with van der Waals surface area (Å²) in [5, 5.41) is 5.10. The summed E-state index contributed by atoms with van der Waals surface area (Å²) >= 11 is 1.47. The Morgan fingerprint density at radius 2 is 1.92 bits per heavy atom. The van der Waals surface area contributed by atoms with Crippen LogP contribution in [0.1, 0.15) is 48.4 Å². The maximum Gasteiger partial charge on any atom is 0.275 e. The molecule has 0 amide bonds. The first-order chi connectivity index (χ1) is 12.7. The third-order valence-electron chi connectivity index (χ3n) is 5.08. The van der Waals surface area contributed by atoms with E-state index in [2.05, 4.69) is 40.3 Å². The number of aromatic nitrogens is 3. The van der Waals surface area contributed by atoms with Crippen LogP contribution in [0, 0.1) is 6.92 Å². The van der Waals surface area contributed by atoms with Crippen molar-refractivity contribution in [1.82, 2.24) is 19.5 Å². The molecule has 136 valence electrons. The summed E-state index contributed by atoms with van der Waals surface area (Å²) in [6.07, 6.45) is 6.38. The van der Waals surface area contributed by atoms with E-state index in [-0.39, 0.29) is 5.56 Å². The molecule has 2 aromatic heterocycles. The molecule has 0 spiro atoms. The molecular formula is C20H24N4OS. The van der Waals surface area contributed by atoms with Crippen LogP contribution in [0.15, 0.2) is 41.2 Å². The van der Waals surface area contributed by atoms with Crippen LogP contribution in [0.2, 0.25) is 0 Å². The van der Waals surface area contributed by atoms with Crippen molar-refractivity contribution in [3.05, 3.63) is 63.0 Å². The minimum Gasteiger partial charge on any atom is -0.290 e. The average molecular weight is 369 g/mol. The van der Waals surface area contributed by atoms with Crippen molar-refractivity contribution in [1.29, 1.82) is 0 Å². The molecule has 6 heteroatoms. The maximum absolute atomic E-state index is 12.4. The molecule has 0 N–H and O–H groups in total. The van der Waals surface area contributed by atoms with E-state index in [1.165, 1.54) is 53.5 Å². The second kappa shape index (κ2) is 7.68. The Hall–Kier alpha value is -2.05. The highest BCUT2D eigenvalue weighted by Crippen LogP contribution is 2.25. The van der Waals surface area contributed by atoms with Gasteiger partial charge < -0.3 is 0 Å². The number of aryl methyl sites for hydroxylation is 1. The SMILES string of the molecule is Cc1nn2c(=O)cc(CN(Cc3ccccc3)C3CCCCC3)nc2s1. The van der Waals surface area contributed by atoms with Crippen LogP contribution in [0.3, 0.4) is 0 Å². The third kappa shape index (κ3) is 3.86. The van der Waals surface area contributed by atoms with Gasteiger partial charge in [-0.1, -0.05) is 60.9 Å². The predicted octanol–water partition coefficient (Wildman–Crippen LogP) is 3.79. The molecule has 0 radical (unpaired) electrons. The number of hydrogen-bond acceptors (Lipinski definition) is 5. The zero-order valence-electron chi connectivity index (χ0n) is 15.1. The van der Waals surface area contributed by atoms with Gasteiger partial charge in [0.15, 0.2) is 0 Å². The summed E-state index contributed by atoms with van der Waals surface area (Å²) in [6.45, 7) is 3.51. The van der Waals surface area contributed by atoms with Crippen molar-refractivity contribution in [2.75, 3.05) is 0 Å². The van der Waals surface area contributed by atoms with Crippen LogP contribution in [0.5, 0.6) is 0 Å². The van der Waals surface area contributed by atoms with Crippen molar-refractivity contribution < 1.29 is 0 Å². The Labute approximate surface area is 157 Å². The number of benzene rings is 1. The first-order valence-electron chi connectivity index (χ1n) is 9.33. The molecule has 1 fully saturated rings. The monoisotopic (exact) mass is 368 g/mol. The van der Waals surface area contributed by atoms with Gasteiger partial charge in [0, 0.05) is 25.2 Å². The van der Waals surface area contributed by atoms with Crippen molar-refractivity contribution >= 4 is 16.3 Å². The van der Waals surface area contributed by atoms with Crippen LogP contribution in [-0.2, 0) is 13.1 Å². The fourth-order valence-corrected chi connectivity index (χ4v) is 4.59. The summed E-state index contributed by atoms with van der Waals surface area (Å²) in [7, 11) is 0. The van der Waals surface area contributed by atoms with E-state index in [1.54, 1.807) is 6.07 Å². The van der Waals surface area contributed by atoms with Crippen LogP contribution in [-0.4, -0.2) is 25.5 Å². The van der Waals surface area contributed by atoms with E-state index in [9.17, 15) is 4.79 Å². The lowest BCUT2D eigenvalue weighted by atomic mass is 9.93. The number of nitrogens with zero attached hydrogens (tertiary/aromatic N) is 4. The Balaban J connectivity index is 1.62. The largest absolute Gasteiger partial charge is 0.290 e. The van der Waals surface area contributed by atoms with Gasteiger partial charge in [-0.2, -0.15) is 9.61 Å². The zero-order valence-corrected chi connectivity index (χ0v) is 15.9. The zero-order chi connectivity index (χ0) is 17.9. The number of hydrogen-bond donors (Lipinski definition) is 0. The standard InChI is InChI=1S/C20H24N4OS/c1-15-22-24-19(25)12-17(21-20(24)26-15)14-23(18-10-6-3-7-11-18)13-16-8-4-2-5-9-16/h2,4-5,8-9,12,18H,3,6-7,10-11,13-14H2,1H3. The molecule has 0 aliphatic heterocycles. The molecule has 0 atom stereocenters. The van der Waals surface area contributed by atoms with Crippen LogP contribution >= 0.6 is 11.3 Å². The molecular weight excluding hydrogens is 344 g/mol. The van der Waals surface area contributed by atoms with Crippen molar-refractivity contribution in [2.24, 2.45) is 0 Å². The van der Waals surface area contributed by atoms with Gasteiger partial charge in [-0.25, -0.2) is 4.98 Å². The normalized spacial score (nSPS) is 15.8. The van der Waals surface area contributed by atoms with Gasteiger partial charge in [0.2, 0.25) is 4.96 Å².